The van der Waals surface area contributed by atoms with E-state index in [-0.39, 0.29) is 5.71 Å². The highest BCUT2D eigenvalue weighted by Crippen LogP contribution is 2.29. The van der Waals surface area contributed by atoms with Crippen LogP contribution in [0.2, 0.25) is 0 Å². The number of carbonyl (C=O) groups is 2. The molecule has 1 N–H and O–H groups in total. The van der Waals surface area contributed by atoms with Gasteiger partial charge in [-0.3, -0.25) is 4.79 Å². The number of nitrogens with one attached hydrogen (secondary N) is 1. The second-order valence-corrected chi connectivity index (χ2v) is 7.47. The molecule has 28 heavy (non-hydrogen) atoms. The minimum absolute atomic E-state index is 0.0991. The molecule has 2 aromatic rings. The number of hydrogen-bond acceptors (Lipinski definition) is 3. The number of rotatable bonds is 6. The Morgan fingerprint density at radius 2 is 1.43 bits per heavy atom. The van der Waals surface area contributed by atoms with Crippen LogP contribution in [-0.4, -0.2) is 34.0 Å². The number of amides is 1. The van der Waals surface area contributed by atoms with Crippen LogP contribution in [0.4, 0.5) is 4.79 Å². The summed E-state index contributed by atoms with van der Waals surface area (Å²) in [5.41, 5.74) is 9.99. The molecule has 6 heteroatoms. The number of carbonyl (C=O) groups excluding carboxylic acids is 2. The van der Waals surface area contributed by atoms with Crippen molar-refractivity contribution in [3.05, 3.63) is 77.3 Å². The topological polar surface area (TPSA) is 91.8 Å². The van der Waals surface area contributed by atoms with Gasteiger partial charge in [0.05, 0.1) is 0 Å². The molecule has 6 nitrogen and oxygen atoms in total. The van der Waals surface area contributed by atoms with E-state index in [4.69, 9.17) is 10.3 Å². The third-order valence-corrected chi connectivity index (χ3v) is 4.11. The summed E-state index contributed by atoms with van der Waals surface area (Å²) in [5, 5.41) is 2.68. The van der Waals surface area contributed by atoms with Crippen molar-refractivity contribution in [1.82, 2.24) is 5.32 Å². The van der Waals surface area contributed by atoms with E-state index in [0.717, 1.165) is 11.1 Å². The average molecular weight is 379 g/mol. The lowest BCUT2D eigenvalue weighted by Crippen LogP contribution is -2.49. The fourth-order valence-corrected chi connectivity index (χ4v) is 2.91. The Hall–Kier alpha value is -3.24. The standard InChI is InChI=1S/C22H25N3O3/c1-15(25-23)20(26)19(24-21(27)28-22(2,3)4)18(16-11-7-5-8-12-16)17-13-9-6-10-14-17/h5-14,18-19H,1-4H3,(H,24,27)/t19-/m0/s1. The minimum Gasteiger partial charge on any atom is -0.444 e. The Kier molecular flexibility index (Phi) is 6.85. The van der Waals surface area contributed by atoms with Crippen LogP contribution in [0.3, 0.4) is 0 Å². The Morgan fingerprint density at radius 3 is 1.82 bits per heavy atom. The first-order chi connectivity index (χ1) is 13.2. The molecule has 1 amide bonds. The van der Waals surface area contributed by atoms with Gasteiger partial charge in [0, 0.05) is 12.8 Å². The number of hydrogen-bond donors (Lipinski definition) is 1. The summed E-state index contributed by atoms with van der Waals surface area (Å²) in [6, 6.07) is 17.8. The van der Waals surface area contributed by atoms with Crippen molar-refractivity contribution in [2.75, 3.05) is 0 Å². The number of alkyl carbamates (subject to hydrolysis) is 1. The van der Waals surface area contributed by atoms with Crippen molar-refractivity contribution < 1.29 is 19.1 Å². The quantitative estimate of drug-likeness (QED) is 0.467. The maximum absolute atomic E-state index is 13.0. The third kappa shape index (κ3) is 5.63. The molecule has 146 valence electrons. The zero-order chi connectivity index (χ0) is 20.7. The van der Waals surface area contributed by atoms with Crippen LogP contribution in [0.15, 0.2) is 60.7 Å². The van der Waals surface area contributed by atoms with Gasteiger partial charge in [-0.1, -0.05) is 60.7 Å². The summed E-state index contributed by atoms with van der Waals surface area (Å²) in [5.74, 6) is -0.981. The maximum atomic E-state index is 13.0. The van der Waals surface area contributed by atoms with E-state index >= 15 is 0 Å². The number of ether oxygens (including phenoxy) is 1. The first-order valence-corrected chi connectivity index (χ1v) is 9.05. The molecule has 2 rings (SSSR count). The number of benzene rings is 2. The zero-order valence-corrected chi connectivity index (χ0v) is 16.5. The van der Waals surface area contributed by atoms with Gasteiger partial charge in [-0.15, -0.1) is 0 Å². The van der Waals surface area contributed by atoms with Crippen molar-refractivity contribution in [2.45, 2.75) is 45.3 Å². The number of nitrogens with zero attached hydrogens (tertiary/aromatic N) is 2. The lowest BCUT2D eigenvalue weighted by molar-refractivity contribution is -0.119. The Balaban J connectivity index is 2.53. The molecule has 0 bridgehead atoms. The van der Waals surface area contributed by atoms with Crippen molar-refractivity contribution in [2.24, 2.45) is 0 Å². The monoisotopic (exact) mass is 379 g/mol. The Bertz CT molecular complexity index is 827. The SMILES string of the molecule is CC(=[N+]=[N-])C(=O)[C@@H](NC(=O)OC(C)(C)C)C(c1ccccc1)c1ccccc1. The van der Waals surface area contributed by atoms with Gasteiger partial charge in [0.2, 0.25) is 0 Å². The Labute approximate surface area is 165 Å². The summed E-state index contributed by atoms with van der Waals surface area (Å²) in [7, 11) is 0. The van der Waals surface area contributed by atoms with E-state index in [1.54, 1.807) is 20.8 Å². The predicted molar refractivity (Wildman–Crippen MR) is 107 cm³/mol. The van der Waals surface area contributed by atoms with Crippen LogP contribution in [0.1, 0.15) is 44.7 Å². The van der Waals surface area contributed by atoms with Crippen molar-refractivity contribution >= 4 is 17.6 Å². The van der Waals surface area contributed by atoms with Crippen LogP contribution in [0, 0.1) is 0 Å². The molecular weight excluding hydrogens is 354 g/mol. The van der Waals surface area contributed by atoms with Crippen LogP contribution in [0.5, 0.6) is 0 Å². The second-order valence-electron chi connectivity index (χ2n) is 7.47. The first kappa shape index (κ1) is 21.1. The smallest absolute Gasteiger partial charge is 0.408 e. The lowest BCUT2D eigenvalue weighted by atomic mass is 9.82. The summed E-state index contributed by atoms with van der Waals surface area (Å²) in [6.45, 7) is 6.64. The molecule has 0 fully saturated rings. The molecule has 0 unspecified atom stereocenters. The predicted octanol–water partition coefficient (Wildman–Crippen LogP) is 3.97. The van der Waals surface area contributed by atoms with Crippen molar-refractivity contribution in [1.29, 1.82) is 0 Å². The largest absolute Gasteiger partial charge is 0.444 e. The molecule has 0 radical (unpaired) electrons. The molecule has 0 spiro atoms. The Morgan fingerprint density at radius 1 is 0.964 bits per heavy atom. The van der Waals surface area contributed by atoms with Gasteiger partial charge < -0.3 is 15.6 Å². The van der Waals surface area contributed by atoms with Crippen molar-refractivity contribution in [3.63, 3.8) is 0 Å². The average Bonchev–Trinajstić information content (AvgIpc) is 2.66. The molecule has 0 aliphatic rings. The van der Waals surface area contributed by atoms with E-state index in [0.29, 0.717) is 0 Å². The van der Waals surface area contributed by atoms with Crippen LogP contribution in [0.25, 0.3) is 5.53 Å². The maximum Gasteiger partial charge on any atom is 0.408 e. The molecule has 2 aromatic carbocycles. The zero-order valence-electron chi connectivity index (χ0n) is 16.5. The summed E-state index contributed by atoms with van der Waals surface area (Å²) in [4.78, 5) is 28.5. The number of ketones is 1. The summed E-state index contributed by atoms with van der Waals surface area (Å²) in [6.07, 6.45) is -0.714. The minimum atomic E-state index is -1.00. The molecular formula is C22H25N3O3. The molecule has 0 aromatic heterocycles. The van der Waals surface area contributed by atoms with E-state index in [9.17, 15) is 9.59 Å². The number of Topliss-reactive ketones (excluding diaryl/α,β-unsaturated/α-hetero) is 1. The highest BCUT2D eigenvalue weighted by Gasteiger charge is 2.37. The van der Waals surface area contributed by atoms with Gasteiger partial charge in [-0.25, -0.2) is 4.79 Å². The van der Waals surface area contributed by atoms with Gasteiger partial charge in [0.25, 0.3) is 5.78 Å². The summed E-state index contributed by atoms with van der Waals surface area (Å²) >= 11 is 0. The van der Waals surface area contributed by atoms with Crippen LogP contribution in [-0.2, 0) is 9.53 Å². The van der Waals surface area contributed by atoms with Gasteiger partial charge in [0.15, 0.2) is 0 Å². The van der Waals surface area contributed by atoms with Crippen LogP contribution < -0.4 is 5.32 Å². The molecule has 0 saturated carbocycles. The van der Waals surface area contributed by atoms with E-state index in [1.165, 1.54) is 6.92 Å². The molecule has 0 saturated heterocycles. The fraction of sp³-hybridized carbons (Fsp3) is 0.318. The van der Waals surface area contributed by atoms with Crippen molar-refractivity contribution in [3.8, 4) is 0 Å². The van der Waals surface area contributed by atoms with E-state index < -0.39 is 29.4 Å². The molecule has 0 heterocycles. The van der Waals surface area contributed by atoms with Gasteiger partial charge in [-0.2, -0.15) is 4.79 Å². The fourth-order valence-electron chi connectivity index (χ4n) is 2.91. The normalized spacial score (nSPS) is 12.0. The van der Waals surface area contributed by atoms with E-state index in [1.807, 2.05) is 60.7 Å². The first-order valence-electron chi connectivity index (χ1n) is 9.05. The molecule has 1 atom stereocenters. The highest BCUT2D eigenvalue weighted by atomic mass is 16.6. The summed E-state index contributed by atoms with van der Waals surface area (Å²) < 4.78 is 5.35. The van der Waals surface area contributed by atoms with Gasteiger partial charge in [0.1, 0.15) is 11.6 Å². The molecule has 0 aliphatic carbocycles. The highest BCUT2D eigenvalue weighted by molar-refractivity contribution is 6.39. The van der Waals surface area contributed by atoms with Gasteiger partial charge in [-0.05, 0) is 31.9 Å². The van der Waals surface area contributed by atoms with E-state index in [2.05, 4.69) is 10.1 Å². The second kappa shape index (κ2) is 9.11. The van der Waals surface area contributed by atoms with Gasteiger partial charge >= 0.3 is 11.8 Å². The third-order valence-electron chi connectivity index (χ3n) is 4.11. The molecule has 0 aliphatic heterocycles. The van der Waals surface area contributed by atoms with Crippen LogP contribution >= 0.6 is 0 Å². The lowest BCUT2D eigenvalue weighted by Gasteiger charge is -2.28.